The molecule has 0 aromatic rings. The Hall–Kier alpha value is -0.980. The van der Waals surface area contributed by atoms with E-state index in [4.69, 9.17) is 9.84 Å². The van der Waals surface area contributed by atoms with Crippen LogP contribution in [0.5, 0.6) is 0 Å². The van der Waals surface area contributed by atoms with Gasteiger partial charge in [0, 0.05) is 7.05 Å². The molecule has 0 spiro atoms. The fraction of sp³-hybridized carbons (Fsp3) is 0.889. The number of carbonyl (C=O) groups is 1. The summed E-state index contributed by atoms with van der Waals surface area (Å²) in [6, 6.07) is -2.25. The van der Waals surface area contributed by atoms with E-state index in [0.717, 1.165) is 7.05 Å². The number of hydrogen-bond donors (Lipinski definition) is 1. The summed E-state index contributed by atoms with van der Waals surface area (Å²) in [6.45, 7) is 3.43. The van der Waals surface area contributed by atoms with E-state index in [-0.39, 0.29) is 0 Å². The van der Waals surface area contributed by atoms with E-state index < -0.39 is 30.5 Å². The minimum atomic E-state index is -4.68. The largest absolute Gasteiger partial charge is 0.444 e. The first-order valence-electron chi connectivity index (χ1n) is 4.62. The van der Waals surface area contributed by atoms with Gasteiger partial charge in [0.2, 0.25) is 0 Å². The first-order valence-corrected chi connectivity index (χ1v) is 4.62. The van der Waals surface area contributed by atoms with Gasteiger partial charge in [0.1, 0.15) is 5.60 Å². The Kier molecular flexibility index (Phi) is 4.60. The monoisotopic (exact) mass is 243 g/mol. The maximum absolute atomic E-state index is 12.4. The highest BCUT2D eigenvalue weighted by Gasteiger charge is 2.44. The molecule has 4 nitrogen and oxygen atoms in total. The highest BCUT2D eigenvalue weighted by Crippen LogP contribution is 2.24. The van der Waals surface area contributed by atoms with Crippen molar-refractivity contribution in [2.24, 2.45) is 0 Å². The fourth-order valence-corrected chi connectivity index (χ4v) is 0.907. The molecule has 0 aromatic carbocycles. The Balaban J connectivity index is 4.65. The highest BCUT2D eigenvalue weighted by molar-refractivity contribution is 5.68. The number of halogens is 3. The van der Waals surface area contributed by atoms with Crippen LogP contribution < -0.4 is 0 Å². The van der Waals surface area contributed by atoms with Gasteiger partial charge in [-0.1, -0.05) is 0 Å². The molecular formula is C9H16F3NO3. The Morgan fingerprint density at radius 3 is 2.06 bits per heavy atom. The van der Waals surface area contributed by atoms with Crippen LogP contribution in [0.2, 0.25) is 0 Å². The third-order valence-electron chi connectivity index (χ3n) is 1.70. The predicted octanol–water partition coefficient (Wildman–Crippen LogP) is 1.78. The van der Waals surface area contributed by atoms with Crippen molar-refractivity contribution >= 4 is 6.09 Å². The van der Waals surface area contributed by atoms with E-state index >= 15 is 0 Å². The molecule has 1 unspecified atom stereocenters. The maximum Gasteiger partial charge on any atom is 0.411 e. The van der Waals surface area contributed by atoms with Crippen LogP contribution in [0.15, 0.2) is 0 Å². The molecule has 0 aliphatic heterocycles. The molecule has 1 atom stereocenters. The zero-order valence-electron chi connectivity index (χ0n) is 9.63. The van der Waals surface area contributed by atoms with Gasteiger partial charge < -0.3 is 9.84 Å². The van der Waals surface area contributed by atoms with Crippen molar-refractivity contribution in [1.82, 2.24) is 4.90 Å². The third-order valence-corrected chi connectivity index (χ3v) is 1.70. The standard InChI is InChI=1S/C9H16F3NO3/c1-8(2,3)16-7(15)13(4)6(5-14)9(10,11)12/h6,14H,5H2,1-4H3. The molecular weight excluding hydrogens is 227 g/mol. The summed E-state index contributed by atoms with van der Waals surface area (Å²) in [5.41, 5.74) is -0.878. The average molecular weight is 243 g/mol. The van der Waals surface area contributed by atoms with Gasteiger partial charge in [0.05, 0.1) is 6.61 Å². The number of likely N-dealkylation sites (N-methyl/N-ethyl adjacent to an activating group) is 1. The van der Waals surface area contributed by atoms with E-state index in [1.807, 2.05) is 0 Å². The summed E-state index contributed by atoms with van der Waals surface area (Å²) in [5, 5.41) is 8.61. The maximum atomic E-state index is 12.4. The Labute approximate surface area is 92.0 Å². The predicted molar refractivity (Wildman–Crippen MR) is 50.9 cm³/mol. The lowest BCUT2D eigenvalue weighted by Gasteiger charge is -2.30. The van der Waals surface area contributed by atoms with Crippen molar-refractivity contribution in [2.75, 3.05) is 13.7 Å². The van der Waals surface area contributed by atoms with Crippen LogP contribution in [0, 0.1) is 0 Å². The van der Waals surface area contributed by atoms with Crippen molar-refractivity contribution in [1.29, 1.82) is 0 Å². The number of nitrogens with zero attached hydrogens (tertiary/aromatic N) is 1. The lowest BCUT2D eigenvalue weighted by atomic mass is 10.2. The number of ether oxygens (including phenoxy) is 1. The lowest BCUT2D eigenvalue weighted by molar-refractivity contribution is -0.186. The van der Waals surface area contributed by atoms with Gasteiger partial charge in [-0.25, -0.2) is 4.79 Å². The van der Waals surface area contributed by atoms with Crippen molar-refractivity contribution < 1.29 is 27.8 Å². The van der Waals surface area contributed by atoms with Crippen molar-refractivity contribution in [2.45, 2.75) is 38.6 Å². The van der Waals surface area contributed by atoms with E-state index in [9.17, 15) is 18.0 Å². The second kappa shape index (κ2) is 4.90. The van der Waals surface area contributed by atoms with Gasteiger partial charge in [-0.2, -0.15) is 13.2 Å². The molecule has 0 bridgehead atoms. The molecule has 1 N–H and O–H groups in total. The summed E-state index contributed by atoms with van der Waals surface area (Å²) in [4.78, 5) is 11.6. The topological polar surface area (TPSA) is 49.8 Å². The molecule has 0 rings (SSSR count). The molecule has 1 amide bonds. The van der Waals surface area contributed by atoms with Crippen LogP contribution >= 0.6 is 0 Å². The number of alkyl halides is 3. The smallest absolute Gasteiger partial charge is 0.411 e. The van der Waals surface area contributed by atoms with Crippen LogP contribution in [0.3, 0.4) is 0 Å². The second-order valence-corrected chi connectivity index (χ2v) is 4.33. The van der Waals surface area contributed by atoms with Crippen molar-refractivity contribution in [3.63, 3.8) is 0 Å². The Morgan fingerprint density at radius 1 is 1.38 bits per heavy atom. The fourth-order valence-electron chi connectivity index (χ4n) is 0.907. The van der Waals surface area contributed by atoms with Gasteiger partial charge in [-0.05, 0) is 20.8 Å². The van der Waals surface area contributed by atoms with Crippen LogP contribution in [-0.2, 0) is 4.74 Å². The zero-order chi connectivity index (χ0) is 13.1. The van der Waals surface area contributed by atoms with E-state index in [1.54, 1.807) is 20.8 Å². The van der Waals surface area contributed by atoms with Gasteiger partial charge in [-0.15, -0.1) is 0 Å². The molecule has 0 heterocycles. The van der Waals surface area contributed by atoms with Gasteiger partial charge in [-0.3, -0.25) is 4.90 Å². The molecule has 0 saturated heterocycles. The number of rotatable bonds is 2. The van der Waals surface area contributed by atoms with Crippen LogP contribution in [0.1, 0.15) is 20.8 Å². The lowest BCUT2D eigenvalue weighted by Crippen LogP contribution is -2.50. The number of carbonyl (C=O) groups excluding carboxylic acids is 1. The third kappa shape index (κ3) is 4.69. The molecule has 0 saturated carbocycles. The number of aliphatic hydroxyl groups is 1. The molecule has 0 radical (unpaired) electrons. The van der Waals surface area contributed by atoms with Crippen LogP contribution in [0.4, 0.5) is 18.0 Å². The van der Waals surface area contributed by atoms with Crippen molar-refractivity contribution in [3.05, 3.63) is 0 Å². The first-order chi connectivity index (χ1) is 6.99. The second-order valence-electron chi connectivity index (χ2n) is 4.33. The highest BCUT2D eigenvalue weighted by atomic mass is 19.4. The number of amides is 1. The summed E-state index contributed by atoms with van der Waals surface area (Å²) >= 11 is 0. The molecule has 0 aliphatic carbocycles. The first kappa shape index (κ1) is 15.0. The molecule has 0 aliphatic rings. The van der Waals surface area contributed by atoms with E-state index in [0.29, 0.717) is 4.90 Å². The molecule has 16 heavy (non-hydrogen) atoms. The average Bonchev–Trinajstić information content (AvgIpc) is 1.99. The molecule has 96 valence electrons. The SMILES string of the molecule is CN(C(=O)OC(C)(C)C)C(CO)C(F)(F)F. The van der Waals surface area contributed by atoms with Gasteiger partial charge in [0.25, 0.3) is 0 Å². The van der Waals surface area contributed by atoms with Crippen LogP contribution in [0.25, 0.3) is 0 Å². The summed E-state index contributed by atoms with van der Waals surface area (Å²) < 4.78 is 41.8. The molecule has 7 heteroatoms. The van der Waals surface area contributed by atoms with Gasteiger partial charge >= 0.3 is 12.3 Å². The van der Waals surface area contributed by atoms with Crippen LogP contribution in [-0.4, -0.2) is 47.6 Å². The molecule has 0 aromatic heterocycles. The molecule has 0 fully saturated rings. The Bertz CT molecular complexity index is 247. The van der Waals surface area contributed by atoms with Crippen molar-refractivity contribution in [3.8, 4) is 0 Å². The zero-order valence-corrected chi connectivity index (χ0v) is 9.63. The summed E-state index contributed by atoms with van der Waals surface area (Å²) in [6.07, 6.45) is -5.80. The Morgan fingerprint density at radius 2 is 1.81 bits per heavy atom. The van der Waals surface area contributed by atoms with E-state index in [1.165, 1.54) is 0 Å². The quantitative estimate of drug-likeness (QED) is 0.804. The number of hydrogen-bond acceptors (Lipinski definition) is 3. The van der Waals surface area contributed by atoms with Gasteiger partial charge in [0.15, 0.2) is 6.04 Å². The normalized spacial score (nSPS) is 14.5. The summed E-state index contributed by atoms with van der Waals surface area (Å²) in [5.74, 6) is 0. The minimum absolute atomic E-state index is 0.339. The minimum Gasteiger partial charge on any atom is -0.444 e. The number of aliphatic hydroxyl groups excluding tert-OH is 1. The summed E-state index contributed by atoms with van der Waals surface area (Å²) in [7, 11) is 0.933. The van der Waals surface area contributed by atoms with E-state index in [2.05, 4.69) is 0 Å².